The van der Waals surface area contributed by atoms with E-state index in [0.717, 1.165) is 16.1 Å². The third kappa shape index (κ3) is 3.62. The van der Waals surface area contributed by atoms with Crippen LogP contribution >= 0.6 is 23.1 Å². The fourth-order valence-electron chi connectivity index (χ4n) is 2.46. The summed E-state index contributed by atoms with van der Waals surface area (Å²) < 4.78 is 7.22. The van der Waals surface area contributed by atoms with Crippen molar-refractivity contribution in [3.05, 3.63) is 51.1 Å². The lowest BCUT2D eigenvalue weighted by Crippen LogP contribution is -2.19. The van der Waals surface area contributed by atoms with Crippen LogP contribution in [0.5, 0.6) is 5.75 Å². The molecular weight excluding hydrogens is 356 g/mol. The maximum atomic E-state index is 12.4. The molecule has 0 radical (unpaired) electrons. The second-order valence-electron chi connectivity index (χ2n) is 5.50. The number of hydrogen-bond acceptors (Lipinski definition) is 6. The molecule has 0 bridgehead atoms. The van der Waals surface area contributed by atoms with E-state index in [9.17, 15) is 9.59 Å². The molecule has 1 aromatic carbocycles. The number of thioether (sulfide) groups is 1. The summed E-state index contributed by atoms with van der Waals surface area (Å²) in [5, 5.41) is 3.16. The minimum atomic E-state index is -0.0451. The number of benzene rings is 1. The fourth-order valence-corrected chi connectivity index (χ4v) is 4.21. The van der Waals surface area contributed by atoms with Gasteiger partial charge in [-0.3, -0.25) is 14.2 Å². The van der Waals surface area contributed by atoms with Crippen LogP contribution in [0.15, 0.2) is 39.6 Å². The van der Waals surface area contributed by atoms with Gasteiger partial charge in [-0.2, -0.15) is 0 Å². The first-order valence-electron chi connectivity index (χ1n) is 7.85. The highest BCUT2D eigenvalue weighted by atomic mass is 32.2. The zero-order chi connectivity index (χ0) is 18.0. The van der Waals surface area contributed by atoms with E-state index < -0.39 is 0 Å². The molecule has 2 aromatic heterocycles. The number of ether oxygens (including phenoxy) is 1. The first-order valence-corrected chi connectivity index (χ1v) is 9.71. The molecule has 0 amide bonds. The lowest BCUT2D eigenvalue weighted by atomic mass is 10.1. The largest absolute Gasteiger partial charge is 0.494 e. The highest BCUT2D eigenvalue weighted by Gasteiger charge is 2.13. The SMILES string of the molecule is CCOc1ccc(C(C)=O)cc1CSc1nc2sccc2c(=O)n1C. The summed E-state index contributed by atoms with van der Waals surface area (Å²) in [5.74, 6) is 1.33. The first kappa shape index (κ1) is 17.7. The standard InChI is InChI=1S/C18H18N2O3S2/c1-4-23-15-6-5-12(11(2)21)9-13(15)10-25-18-19-16-14(7-8-24-16)17(22)20(18)3/h5-9H,4,10H2,1-3H3. The summed E-state index contributed by atoms with van der Waals surface area (Å²) in [7, 11) is 1.73. The molecule has 0 fully saturated rings. The van der Waals surface area contributed by atoms with Crippen LogP contribution in [0.2, 0.25) is 0 Å². The van der Waals surface area contributed by atoms with Gasteiger partial charge in [-0.1, -0.05) is 11.8 Å². The van der Waals surface area contributed by atoms with E-state index in [0.29, 0.717) is 28.5 Å². The molecule has 0 unspecified atom stereocenters. The zero-order valence-electron chi connectivity index (χ0n) is 14.2. The molecule has 25 heavy (non-hydrogen) atoms. The summed E-state index contributed by atoms with van der Waals surface area (Å²) in [4.78, 5) is 29.4. The quantitative estimate of drug-likeness (QED) is 0.372. The highest BCUT2D eigenvalue weighted by molar-refractivity contribution is 7.98. The van der Waals surface area contributed by atoms with Crippen molar-refractivity contribution in [1.82, 2.24) is 9.55 Å². The van der Waals surface area contributed by atoms with E-state index >= 15 is 0 Å². The summed E-state index contributed by atoms with van der Waals surface area (Å²) >= 11 is 2.92. The smallest absolute Gasteiger partial charge is 0.262 e. The lowest BCUT2D eigenvalue weighted by molar-refractivity contribution is 0.101. The van der Waals surface area contributed by atoms with E-state index in [1.807, 2.05) is 24.4 Å². The second kappa shape index (κ2) is 7.41. The van der Waals surface area contributed by atoms with E-state index in [1.54, 1.807) is 30.7 Å². The molecule has 7 heteroatoms. The number of Topliss-reactive ketones (excluding diaryl/α,β-unsaturated/α-hetero) is 1. The number of carbonyl (C=O) groups excluding carboxylic acids is 1. The van der Waals surface area contributed by atoms with Crippen LogP contribution in [0.4, 0.5) is 0 Å². The van der Waals surface area contributed by atoms with Crippen LogP contribution in [-0.4, -0.2) is 21.9 Å². The number of ketones is 1. The van der Waals surface area contributed by atoms with Crippen molar-refractivity contribution in [3.63, 3.8) is 0 Å². The fraction of sp³-hybridized carbons (Fsp3) is 0.278. The Bertz CT molecular complexity index is 992. The van der Waals surface area contributed by atoms with Crippen LogP contribution < -0.4 is 10.3 Å². The van der Waals surface area contributed by atoms with Crippen LogP contribution in [0.25, 0.3) is 10.2 Å². The molecule has 5 nitrogen and oxygen atoms in total. The monoisotopic (exact) mass is 374 g/mol. The van der Waals surface area contributed by atoms with Gasteiger partial charge in [0.1, 0.15) is 10.6 Å². The Morgan fingerprint density at radius 3 is 2.88 bits per heavy atom. The molecule has 3 aromatic rings. The van der Waals surface area contributed by atoms with Gasteiger partial charge in [0.2, 0.25) is 0 Å². The Hall–Kier alpha value is -2.12. The Morgan fingerprint density at radius 2 is 2.16 bits per heavy atom. The van der Waals surface area contributed by atoms with E-state index in [2.05, 4.69) is 4.98 Å². The number of aromatic nitrogens is 2. The summed E-state index contributed by atoms with van der Waals surface area (Å²) in [6.45, 7) is 4.02. The number of thiophene rings is 1. The third-order valence-electron chi connectivity index (χ3n) is 3.79. The van der Waals surface area contributed by atoms with E-state index in [4.69, 9.17) is 4.74 Å². The second-order valence-corrected chi connectivity index (χ2v) is 7.34. The number of fused-ring (bicyclic) bond motifs is 1. The molecule has 0 atom stereocenters. The average molecular weight is 374 g/mol. The summed E-state index contributed by atoms with van der Waals surface area (Å²) in [6, 6.07) is 7.24. The van der Waals surface area contributed by atoms with Gasteiger partial charge in [-0.15, -0.1) is 11.3 Å². The molecule has 0 aliphatic carbocycles. The predicted octanol–water partition coefficient (Wildman–Crippen LogP) is 3.89. The first-order chi connectivity index (χ1) is 12.0. The average Bonchev–Trinajstić information content (AvgIpc) is 3.06. The molecule has 0 saturated carbocycles. The van der Waals surface area contributed by atoms with Gasteiger partial charge in [0.15, 0.2) is 10.9 Å². The van der Waals surface area contributed by atoms with Crippen LogP contribution in [0.3, 0.4) is 0 Å². The molecule has 2 heterocycles. The Labute approximate surface area is 153 Å². The van der Waals surface area contributed by atoms with Crippen molar-refractivity contribution in [1.29, 1.82) is 0 Å². The van der Waals surface area contributed by atoms with Gasteiger partial charge in [0.25, 0.3) is 5.56 Å². The van der Waals surface area contributed by atoms with Crippen molar-refractivity contribution in [2.75, 3.05) is 6.61 Å². The maximum Gasteiger partial charge on any atom is 0.262 e. The van der Waals surface area contributed by atoms with Crippen molar-refractivity contribution < 1.29 is 9.53 Å². The number of rotatable bonds is 6. The van der Waals surface area contributed by atoms with E-state index in [1.165, 1.54) is 23.1 Å². The number of hydrogen-bond donors (Lipinski definition) is 0. The molecule has 0 aliphatic rings. The molecular formula is C18H18N2O3S2. The van der Waals surface area contributed by atoms with Gasteiger partial charge in [0, 0.05) is 23.9 Å². The minimum absolute atomic E-state index is 0.0137. The van der Waals surface area contributed by atoms with E-state index in [-0.39, 0.29) is 11.3 Å². The predicted molar refractivity (Wildman–Crippen MR) is 102 cm³/mol. The van der Waals surface area contributed by atoms with Crippen molar-refractivity contribution in [2.24, 2.45) is 7.05 Å². The van der Waals surface area contributed by atoms with Crippen LogP contribution in [0, 0.1) is 0 Å². The maximum absolute atomic E-state index is 12.4. The molecule has 0 aliphatic heterocycles. The van der Waals surface area contributed by atoms with Gasteiger partial charge >= 0.3 is 0 Å². The normalized spacial score (nSPS) is 11.0. The van der Waals surface area contributed by atoms with Crippen LogP contribution in [0.1, 0.15) is 29.8 Å². The van der Waals surface area contributed by atoms with Gasteiger partial charge in [0.05, 0.1) is 12.0 Å². The van der Waals surface area contributed by atoms with Crippen molar-refractivity contribution in [2.45, 2.75) is 24.8 Å². The van der Waals surface area contributed by atoms with Crippen molar-refractivity contribution in [3.8, 4) is 5.75 Å². The highest BCUT2D eigenvalue weighted by Crippen LogP contribution is 2.29. The topological polar surface area (TPSA) is 61.2 Å². The molecule has 130 valence electrons. The molecule has 0 N–H and O–H groups in total. The summed E-state index contributed by atoms with van der Waals surface area (Å²) in [5.41, 5.74) is 1.52. The van der Waals surface area contributed by atoms with Gasteiger partial charge < -0.3 is 4.74 Å². The zero-order valence-corrected chi connectivity index (χ0v) is 15.9. The van der Waals surface area contributed by atoms with Crippen molar-refractivity contribution >= 4 is 39.1 Å². The Balaban J connectivity index is 1.93. The van der Waals surface area contributed by atoms with Crippen LogP contribution in [-0.2, 0) is 12.8 Å². The van der Waals surface area contributed by atoms with Gasteiger partial charge in [-0.25, -0.2) is 4.98 Å². The molecule has 0 saturated heterocycles. The molecule has 3 rings (SSSR count). The van der Waals surface area contributed by atoms with Gasteiger partial charge in [-0.05, 0) is 43.5 Å². The lowest BCUT2D eigenvalue weighted by Gasteiger charge is -2.12. The number of nitrogens with zero attached hydrogens (tertiary/aromatic N) is 2. The molecule has 0 spiro atoms. The summed E-state index contributed by atoms with van der Waals surface area (Å²) in [6.07, 6.45) is 0. The number of carbonyl (C=O) groups is 1. The Morgan fingerprint density at radius 1 is 1.36 bits per heavy atom. The third-order valence-corrected chi connectivity index (χ3v) is 5.67. The Kier molecular flexibility index (Phi) is 5.24. The minimum Gasteiger partial charge on any atom is -0.494 e.